The molecule has 2 N–H and O–H groups in total. The number of carbonyl (C=O) groups is 1. The van der Waals surface area contributed by atoms with E-state index >= 15 is 0 Å². The van der Waals surface area contributed by atoms with Gasteiger partial charge in [0.15, 0.2) is 0 Å². The molecule has 0 atom stereocenters. The second-order valence-corrected chi connectivity index (χ2v) is 5.47. The van der Waals surface area contributed by atoms with Crippen LogP contribution in [-0.2, 0) is 4.79 Å². The summed E-state index contributed by atoms with van der Waals surface area (Å²) >= 11 is 0. The van der Waals surface area contributed by atoms with E-state index in [-0.39, 0.29) is 5.91 Å². The summed E-state index contributed by atoms with van der Waals surface area (Å²) in [6.45, 7) is 0.400. The second kappa shape index (κ2) is 6.06. The molecule has 0 aliphatic heterocycles. The van der Waals surface area contributed by atoms with E-state index in [2.05, 4.69) is 22.8 Å². The van der Waals surface area contributed by atoms with Crippen molar-refractivity contribution >= 4 is 22.4 Å². The molecular weight excluding hydrogens is 248 g/mol. The predicted molar refractivity (Wildman–Crippen MR) is 82.8 cm³/mol. The number of rotatable bonds is 4. The van der Waals surface area contributed by atoms with Crippen LogP contribution in [0, 0.1) is 0 Å². The standard InChI is InChI=1S/C17H20N2O/c20-17(12-18-15-7-3-4-8-15)19-16-10-9-13-5-1-2-6-14(13)11-16/h1-2,5-6,9-11,15,18H,3-4,7-8,12H2,(H,19,20). The van der Waals surface area contributed by atoms with Crippen LogP contribution in [0.3, 0.4) is 0 Å². The first-order valence-corrected chi connectivity index (χ1v) is 7.33. The Balaban J connectivity index is 1.59. The Kier molecular flexibility index (Phi) is 3.97. The van der Waals surface area contributed by atoms with E-state index in [1.807, 2.05) is 30.3 Å². The molecule has 3 nitrogen and oxygen atoms in total. The van der Waals surface area contributed by atoms with Crippen molar-refractivity contribution < 1.29 is 4.79 Å². The number of carbonyl (C=O) groups excluding carboxylic acids is 1. The highest BCUT2D eigenvalue weighted by Gasteiger charge is 2.15. The van der Waals surface area contributed by atoms with E-state index < -0.39 is 0 Å². The molecule has 0 aromatic heterocycles. The summed E-state index contributed by atoms with van der Waals surface area (Å²) < 4.78 is 0. The number of fused-ring (bicyclic) bond motifs is 1. The average Bonchev–Trinajstić information content (AvgIpc) is 2.98. The lowest BCUT2D eigenvalue weighted by molar-refractivity contribution is -0.115. The van der Waals surface area contributed by atoms with Gasteiger partial charge in [0.05, 0.1) is 6.54 Å². The number of amides is 1. The van der Waals surface area contributed by atoms with Crippen molar-refractivity contribution in [1.29, 1.82) is 0 Å². The van der Waals surface area contributed by atoms with Gasteiger partial charge in [0.1, 0.15) is 0 Å². The van der Waals surface area contributed by atoms with Gasteiger partial charge < -0.3 is 10.6 Å². The SMILES string of the molecule is O=C(CNC1CCCC1)Nc1ccc2ccccc2c1. The second-order valence-electron chi connectivity index (χ2n) is 5.47. The Hall–Kier alpha value is -1.87. The number of hydrogen-bond acceptors (Lipinski definition) is 2. The molecule has 0 spiro atoms. The monoisotopic (exact) mass is 268 g/mol. The normalized spacial score (nSPS) is 15.6. The van der Waals surface area contributed by atoms with Crippen molar-refractivity contribution in [2.45, 2.75) is 31.7 Å². The fraction of sp³-hybridized carbons (Fsp3) is 0.353. The summed E-state index contributed by atoms with van der Waals surface area (Å²) in [5, 5.41) is 8.62. The molecule has 104 valence electrons. The van der Waals surface area contributed by atoms with Crippen LogP contribution < -0.4 is 10.6 Å². The molecule has 1 aliphatic rings. The van der Waals surface area contributed by atoms with Crippen LogP contribution >= 0.6 is 0 Å². The zero-order chi connectivity index (χ0) is 13.8. The lowest BCUT2D eigenvalue weighted by Gasteiger charge is -2.12. The van der Waals surface area contributed by atoms with E-state index in [1.165, 1.54) is 31.1 Å². The van der Waals surface area contributed by atoms with Crippen LogP contribution in [0.25, 0.3) is 10.8 Å². The minimum absolute atomic E-state index is 0.0344. The Labute approximate surface area is 119 Å². The van der Waals surface area contributed by atoms with Crippen molar-refractivity contribution in [2.75, 3.05) is 11.9 Å². The highest BCUT2D eigenvalue weighted by Crippen LogP contribution is 2.19. The fourth-order valence-electron chi connectivity index (χ4n) is 2.84. The molecule has 0 unspecified atom stereocenters. The zero-order valence-corrected chi connectivity index (χ0v) is 11.6. The summed E-state index contributed by atoms with van der Waals surface area (Å²) in [5.74, 6) is 0.0344. The molecular formula is C17H20N2O. The molecule has 1 saturated carbocycles. The van der Waals surface area contributed by atoms with Crippen molar-refractivity contribution in [3.63, 3.8) is 0 Å². The first-order chi connectivity index (χ1) is 9.81. The molecule has 3 heteroatoms. The van der Waals surface area contributed by atoms with Gasteiger partial charge in [-0.05, 0) is 35.7 Å². The molecule has 2 aromatic carbocycles. The average molecular weight is 268 g/mol. The third kappa shape index (κ3) is 3.17. The van der Waals surface area contributed by atoms with E-state index in [0.717, 1.165) is 11.1 Å². The van der Waals surface area contributed by atoms with Crippen LogP contribution in [0.4, 0.5) is 5.69 Å². The van der Waals surface area contributed by atoms with Gasteiger partial charge in [-0.3, -0.25) is 4.79 Å². The van der Waals surface area contributed by atoms with Gasteiger partial charge in [-0.2, -0.15) is 0 Å². The molecule has 1 aliphatic carbocycles. The highest BCUT2D eigenvalue weighted by atomic mass is 16.1. The van der Waals surface area contributed by atoms with Gasteiger partial charge >= 0.3 is 0 Å². The highest BCUT2D eigenvalue weighted by molar-refractivity contribution is 5.95. The van der Waals surface area contributed by atoms with E-state index in [0.29, 0.717) is 12.6 Å². The molecule has 0 radical (unpaired) electrons. The van der Waals surface area contributed by atoms with E-state index in [1.54, 1.807) is 0 Å². The smallest absolute Gasteiger partial charge is 0.238 e. The Morgan fingerprint density at radius 1 is 1.05 bits per heavy atom. The van der Waals surface area contributed by atoms with Gasteiger partial charge in [0, 0.05) is 11.7 Å². The Morgan fingerprint density at radius 2 is 1.80 bits per heavy atom. The van der Waals surface area contributed by atoms with Gasteiger partial charge in [-0.15, -0.1) is 0 Å². The minimum atomic E-state index is 0.0344. The molecule has 1 fully saturated rings. The number of hydrogen-bond donors (Lipinski definition) is 2. The number of benzene rings is 2. The van der Waals surface area contributed by atoms with Crippen LogP contribution in [-0.4, -0.2) is 18.5 Å². The number of nitrogens with one attached hydrogen (secondary N) is 2. The van der Waals surface area contributed by atoms with Crippen LogP contribution in [0.5, 0.6) is 0 Å². The van der Waals surface area contributed by atoms with Crippen LogP contribution in [0.1, 0.15) is 25.7 Å². The third-order valence-electron chi connectivity index (χ3n) is 3.94. The molecule has 0 saturated heterocycles. The van der Waals surface area contributed by atoms with Gasteiger partial charge in [-0.25, -0.2) is 0 Å². The largest absolute Gasteiger partial charge is 0.325 e. The topological polar surface area (TPSA) is 41.1 Å². The molecule has 2 aromatic rings. The maximum absolute atomic E-state index is 11.9. The first-order valence-electron chi connectivity index (χ1n) is 7.33. The van der Waals surface area contributed by atoms with Gasteiger partial charge in [-0.1, -0.05) is 43.2 Å². The fourth-order valence-corrected chi connectivity index (χ4v) is 2.84. The molecule has 0 heterocycles. The Morgan fingerprint density at radius 3 is 2.60 bits per heavy atom. The van der Waals surface area contributed by atoms with E-state index in [4.69, 9.17) is 0 Å². The Bertz CT molecular complexity index is 603. The minimum Gasteiger partial charge on any atom is -0.325 e. The summed E-state index contributed by atoms with van der Waals surface area (Å²) in [5.41, 5.74) is 0.863. The maximum atomic E-state index is 11.9. The van der Waals surface area contributed by atoms with Crippen LogP contribution in [0.2, 0.25) is 0 Å². The summed E-state index contributed by atoms with van der Waals surface area (Å²) in [7, 11) is 0. The summed E-state index contributed by atoms with van der Waals surface area (Å²) in [6, 6.07) is 14.7. The quantitative estimate of drug-likeness (QED) is 0.893. The predicted octanol–water partition coefficient (Wildman–Crippen LogP) is 3.31. The van der Waals surface area contributed by atoms with Crippen molar-refractivity contribution in [3.05, 3.63) is 42.5 Å². The first kappa shape index (κ1) is 13.1. The van der Waals surface area contributed by atoms with Gasteiger partial charge in [0.2, 0.25) is 5.91 Å². The number of anilines is 1. The molecule has 1 amide bonds. The summed E-state index contributed by atoms with van der Waals surface area (Å²) in [4.78, 5) is 11.9. The maximum Gasteiger partial charge on any atom is 0.238 e. The van der Waals surface area contributed by atoms with Crippen molar-refractivity contribution in [3.8, 4) is 0 Å². The van der Waals surface area contributed by atoms with Crippen LogP contribution in [0.15, 0.2) is 42.5 Å². The van der Waals surface area contributed by atoms with Gasteiger partial charge in [0.25, 0.3) is 0 Å². The molecule has 20 heavy (non-hydrogen) atoms. The van der Waals surface area contributed by atoms with Crippen molar-refractivity contribution in [1.82, 2.24) is 5.32 Å². The third-order valence-corrected chi connectivity index (χ3v) is 3.94. The molecule has 0 bridgehead atoms. The van der Waals surface area contributed by atoms with E-state index in [9.17, 15) is 4.79 Å². The lowest BCUT2D eigenvalue weighted by atomic mass is 10.1. The zero-order valence-electron chi connectivity index (χ0n) is 11.6. The lowest BCUT2D eigenvalue weighted by Crippen LogP contribution is -2.34. The molecule has 3 rings (SSSR count). The van der Waals surface area contributed by atoms with Crippen molar-refractivity contribution in [2.24, 2.45) is 0 Å². The summed E-state index contributed by atoms with van der Waals surface area (Å²) in [6.07, 6.45) is 4.96.